The molecule has 40 heavy (non-hydrogen) atoms. The minimum atomic E-state index is -3.42. The molecule has 3 aliphatic rings. The Morgan fingerprint density at radius 2 is 1.62 bits per heavy atom. The zero-order chi connectivity index (χ0) is 28.0. The van der Waals surface area contributed by atoms with Crippen LogP contribution in [0.1, 0.15) is 77.5 Å². The highest BCUT2D eigenvalue weighted by Crippen LogP contribution is 2.48. The number of benzene rings is 3. The Bertz CT molecular complexity index is 1550. The van der Waals surface area contributed by atoms with E-state index in [9.17, 15) is 23.1 Å². The van der Waals surface area contributed by atoms with Gasteiger partial charge in [-0.1, -0.05) is 25.1 Å². The van der Waals surface area contributed by atoms with Crippen LogP contribution < -0.4 is 15.0 Å². The third kappa shape index (κ3) is 5.30. The molecular formula is C31H32N2O6S. The number of aliphatic carboxylic acids is 1. The molecule has 2 N–H and O–H groups in total. The molecule has 2 saturated carbocycles. The molecule has 0 unspecified atom stereocenters. The molecule has 2 aliphatic carbocycles. The molecule has 1 aliphatic heterocycles. The van der Waals surface area contributed by atoms with Crippen molar-refractivity contribution in [1.29, 1.82) is 0 Å². The van der Waals surface area contributed by atoms with Crippen molar-refractivity contribution in [3.63, 3.8) is 0 Å². The number of carboxylic acid groups (broad SMARTS) is 1. The number of carbonyl (C=O) groups is 2. The van der Waals surface area contributed by atoms with Crippen LogP contribution in [0.4, 0.5) is 11.4 Å². The van der Waals surface area contributed by atoms with Crippen LogP contribution >= 0.6 is 0 Å². The molecular weight excluding hydrogens is 528 g/mol. The van der Waals surface area contributed by atoms with Crippen LogP contribution in [0.25, 0.3) is 0 Å². The van der Waals surface area contributed by atoms with Crippen molar-refractivity contribution in [2.24, 2.45) is 0 Å². The van der Waals surface area contributed by atoms with Gasteiger partial charge in [0.25, 0.3) is 5.91 Å². The van der Waals surface area contributed by atoms with E-state index < -0.39 is 27.8 Å². The summed E-state index contributed by atoms with van der Waals surface area (Å²) in [7, 11) is -3.42. The Balaban J connectivity index is 1.24. The smallest absolute Gasteiger partial charge is 0.330 e. The normalized spacial score (nSPS) is 17.5. The highest BCUT2D eigenvalue weighted by Gasteiger charge is 2.31. The molecule has 1 amide bonds. The molecule has 3 aromatic rings. The molecule has 9 heteroatoms. The number of carboxylic acids is 1. The molecule has 0 saturated heterocycles. The van der Waals surface area contributed by atoms with Gasteiger partial charge in [-0.25, -0.2) is 13.2 Å². The highest BCUT2D eigenvalue weighted by atomic mass is 32.2. The Labute approximate surface area is 233 Å². The summed E-state index contributed by atoms with van der Waals surface area (Å²) in [6, 6.07) is 16.4. The fraction of sp³-hybridized carbons (Fsp3) is 0.355. The van der Waals surface area contributed by atoms with Crippen LogP contribution in [0, 0.1) is 0 Å². The average Bonchev–Trinajstić information content (AvgIpc) is 3.88. The zero-order valence-electron chi connectivity index (χ0n) is 22.3. The Morgan fingerprint density at radius 1 is 0.975 bits per heavy atom. The fourth-order valence-electron chi connectivity index (χ4n) is 5.29. The number of fused-ring (bicyclic) bond motifs is 1. The Hall–Kier alpha value is -3.85. The molecule has 1 atom stereocenters. The maximum Gasteiger partial charge on any atom is 0.330 e. The third-order valence-corrected chi connectivity index (χ3v) is 9.68. The van der Waals surface area contributed by atoms with Crippen molar-refractivity contribution in [3.8, 4) is 5.75 Å². The van der Waals surface area contributed by atoms with Gasteiger partial charge in [0.05, 0.1) is 22.9 Å². The number of carbonyl (C=O) groups excluding carboxylic acids is 1. The van der Waals surface area contributed by atoms with Gasteiger partial charge in [0, 0.05) is 11.3 Å². The van der Waals surface area contributed by atoms with Gasteiger partial charge in [0.2, 0.25) is 0 Å². The molecule has 208 valence electrons. The van der Waals surface area contributed by atoms with Crippen LogP contribution in [0.15, 0.2) is 65.6 Å². The molecule has 6 rings (SSSR count). The van der Waals surface area contributed by atoms with E-state index in [-0.39, 0.29) is 21.8 Å². The second-order valence-corrected chi connectivity index (χ2v) is 13.1. The van der Waals surface area contributed by atoms with Gasteiger partial charge >= 0.3 is 5.97 Å². The number of nitrogens with zero attached hydrogens (tertiary/aromatic N) is 1. The van der Waals surface area contributed by atoms with E-state index in [1.54, 1.807) is 19.1 Å². The summed E-state index contributed by atoms with van der Waals surface area (Å²) in [6.07, 6.45) is 4.96. The van der Waals surface area contributed by atoms with Crippen LogP contribution in [0.2, 0.25) is 0 Å². The van der Waals surface area contributed by atoms with Gasteiger partial charge in [-0.3, -0.25) is 4.79 Å². The number of hydrogen-bond donors (Lipinski definition) is 2. The molecule has 1 heterocycles. The minimum absolute atomic E-state index is 0.0586. The first-order valence-corrected chi connectivity index (χ1v) is 15.4. The topological polar surface area (TPSA) is 113 Å². The first-order chi connectivity index (χ1) is 19.2. The monoisotopic (exact) mass is 560 g/mol. The van der Waals surface area contributed by atoms with Gasteiger partial charge in [-0.05, 0) is 96.7 Å². The van der Waals surface area contributed by atoms with Crippen molar-refractivity contribution in [2.75, 3.05) is 23.8 Å². The van der Waals surface area contributed by atoms with E-state index in [4.69, 9.17) is 4.74 Å². The summed E-state index contributed by atoms with van der Waals surface area (Å²) < 4.78 is 30.2. The molecule has 8 nitrogen and oxygen atoms in total. The lowest BCUT2D eigenvalue weighted by Crippen LogP contribution is -2.34. The maximum atomic E-state index is 13.2. The second kappa shape index (κ2) is 10.3. The standard InChI is InChI=1S/C31H32N2O6S/c1-2-40(37,38)26-10-7-21(8-11-26)29(31(35)36)32-30(34)22-9-12-27-28(18-22)39-14-13-33(27)25-16-23(19-3-4-19)15-24(17-25)20-5-6-20/h7-12,15-20,29H,2-6,13-14H2,1H3,(H,32,34)(H,35,36)/t29-/m1/s1. The summed E-state index contributed by atoms with van der Waals surface area (Å²) in [5, 5.41) is 12.4. The van der Waals surface area contributed by atoms with Crippen molar-refractivity contribution in [3.05, 3.63) is 82.9 Å². The number of nitrogens with one attached hydrogen (secondary N) is 1. The summed E-state index contributed by atoms with van der Waals surface area (Å²) in [4.78, 5) is 27.5. The van der Waals surface area contributed by atoms with E-state index in [0.717, 1.165) is 11.4 Å². The predicted octanol–water partition coefficient (Wildman–Crippen LogP) is 5.32. The van der Waals surface area contributed by atoms with E-state index in [2.05, 4.69) is 28.4 Å². The first-order valence-electron chi connectivity index (χ1n) is 13.8. The van der Waals surface area contributed by atoms with Crippen molar-refractivity contribution in [2.45, 2.75) is 55.4 Å². The van der Waals surface area contributed by atoms with E-state index in [1.165, 1.54) is 61.1 Å². The second-order valence-electron chi connectivity index (χ2n) is 10.8. The molecule has 0 bridgehead atoms. The Kier molecular flexibility index (Phi) is 6.78. The lowest BCUT2D eigenvalue weighted by Gasteiger charge is -2.32. The zero-order valence-corrected chi connectivity index (χ0v) is 23.1. The van der Waals surface area contributed by atoms with E-state index >= 15 is 0 Å². The average molecular weight is 561 g/mol. The van der Waals surface area contributed by atoms with Crippen molar-refractivity contribution >= 4 is 33.1 Å². The van der Waals surface area contributed by atoms with Crippen molar-refractivity contribution in [1.82, 2.24) is 5.32 Å². The number of ether oxygens (including phenoxy) is 1. The fourth-order valence-corrected chi connectivity index (χ4v) is 6.17. The quantitative estimate of drug-likeness (QED) is 0.364. The largest absolute Gasteiger partial charge is 0.490 e. The van der Waals surface area contributed by atoms with Crippen LogP contribution in [0.5, 0.6) is 5.75 Å². The summed E-state index contributed by atoms with van der Waals surface area (Å²) in [6.45, 7) is 2.71. The van der Waals surface area contributed by atoms with Gasteiger partial charge in [0.1, 0.15) is 12.4 Å². The van der Waals surface area contributed by atoms with Crippen LogP contribution in [0.3, 0.4) is 0 Å². The van der Waals surface area contributed by atoms with E-state index in [0.29, 0.717) is 30.7 Å². The van der Waals surface area contributed by atoms with E-state index in [1.807, 2.05) is 6.07 Å². The number of anilines is 2. The lowest BCUT2D eigenvalue weighted by atomic mass is 10.0. The van der Waals surface area contributed by atoms with Crippen LogP contribution in [-0.4, -0.2) is 44.3 Å². The third-order valence-electron chi connectivity index (χ3n) is 7.93. The van der Waals surface area contributed by atoms with Gasteiger partial charge in [0.15, 0.2) is 15.9 Å². The summed E-state index contributed by atoms with van der Waals surface area (Å²) in [5.41, 5.74) is 5.39. The SMILES string of the molecule is CCS(=O)(=O)c1ccc([C@@H](NC(=O)c2ccc3c(c2)OCCN3c2cc(C3CC3)cc(C3CC3)c2)C(=O)O)cc1. The summed E-state index contributed by atoms with van der Waals surface area (Å²) >= 11 is 0. The molecule has 3 aromatic carbocycles. The number of hydrogen-bond acceptors (Lipinski definition) is 6. The highest BCUT2D eigenvalue weighted by molar-refractivity contribution is 7.91. The maximum absolute atomic E-state index is 13.2. The summed E-state index contributed by atoms with van der Waals surface area (Å²) in [5.74, 6) is 0.00749. The lowest BCUT2D eigenvalue weighted by molar-refractivity contribution is -0.139. The number of rotatable bonds is 9. The number of sulfone groups is 1. The molecule has 0 aromatic heterocycles. The van der Waals surface area contributed by atoms with Gasteiger partial charge in [-0.15, -0.1) is 0 Å². The predicted molar refractivity (Wildman–Crippen MR) is 151 cm³/mol. The van der Waals surface area contributed by atoms with Gasteiger partial charge in [-0.2, -0.15) is 0 Å². The first kappa shape index (κ1) is 26.4. The Morgan fingerprint density at radius 3 is 2.20 bits per heavy atom. The minimum Gasteiger partial charge on any atom is -0.490 e. The molecule has 0 radical (unpaired) electrons. The number of amides is 1. The molecule has 0 spiro atoms. The van der Waals surface area contributed by atoms with Gasteiger partial charge < -0.3 is 20.1 Å². The van der Waals surface area contributed by atoms with Crippen molar-refractivity contribution < 1.29 is 27.9 Å². The molecule has 2 fully saturated rings. The van der Waals surface area contributed by atoms with Crippen LogP contribution in [-0.2, 0) is 14.6 Å².